The molecule has 0 amide bonds. The Labute approximate surface area is 102 Å². The fourth-order valence-corrected chi connectivity index (χ4v) is 1.86. The van der Waals surface area contributed by atoms with Crippen LogP contribution in [0.5, 0.6) is 0 Å². The minimum Gasteiger partial charge on any atom is -0.396 e. The third-order valence-electron chi connectivity index (χ3n) is 2.31. The van der Waals surface area contributed by atoms with Crippen molar-refractivity contribution < 1.29 is 0 Å². The maximum absolute atomic E-state index is 5.84. The van der Waals surface area contributed by atoms with Crippen molar-refractivity contribution >= 4 is 27.3 Å². The van der Waals surface area contributed by atoms with E-state index in [1.165, 1.54) is 0 Å². The minimum atomic E-state index is 0.125. The smallest absolute Gasteiger partial charge is 0.0754 e. The number of anilines is 2. The Morgan fingerprint density at radius 3 is 2.88 bits per heavy atom. The van der Waals surface area contributed by atoms with Gasteiger partial charge in [-0.05, 0) is 22.9 Å². The quantitative estimate of drug-likeness (QED) is 0.807. The van der Waals surface area contributed by atoms with Gasteiger partial charge in [0.1, 0.15) is 0 Å². The van der Waals surface area contributed by atoms with E-state index in [0.717, 1.165) is 15.7 Å². The van der Waals surface area contributed by atoms with Crippen molar-refractivity contribution in [2.24, 2.45) is 0 Å². The molecule has 1 unspecified atom stereocenters. The first-order chi connectivity index (χ1) is 7.68. The van der Waals surface area contributed by atoms with E-state index >= 15 is 0 Å². The average molecular weight is 282 g/mol. The van der Waals surface area contributed by atoms with Gasteiger partial charge in [0.05, 0.1) is 34.3 Å². The molecule has 5 nitrogen and oxygen atoms in total. The van der Waals surface area contributed by atoms with E-state index in [-0.39, 0.29) is 6.04 Å². The van der Waals surface area contributed by atoms with Crippen LogP contribution in [0.25, 0.3) is 0 Å². The number of nitrogens with zero attached hydrogens (tertiary/aromatic N) is 2. The second kappa shape index (κ2) is 4.52. The molecule has 1 atom stereocenters. The van der Waals surface area contributed by atoms with E-state index in [1.807, 2.05) is 13.1 Å². The van der Waals surface area contributed by atoms with Crippen molar-refractivity contribution in [2.75, 3.05) is 11.1 Å². The number of aromatic nitrogens is 3. The summed E-state index contributed by atoms with van der Waals surface area (Å²) in [5.74, 6) is 0. The van der Waals surface area contributed by atoms with Crippen LogP contribution in [0, 0.1) is 0 Å². The van der Waals surface area contributed by atoms with Crippen molar-refractivity contribution in [1.29, 1.82) is 0 Å². The van der Waals surface area contributed by atoms with Gasteiger partial charge < -0.3 is 11.1 Å². The molecule has 2 aromatic rings. The Morgan fingerprint density at radius 1 is 1.44 bits per heavy atom. The second-order valence-corrected chi connectivity index (χ2v) is 4.34. The highest BCUT2D eigenvalue weighted by molar-refractivity contribution is 9.10. The van der Waals surface area contributed by atoms with Crippen LogP contribution >= 0.6 is 15.9 Å². The molecule has 2 heterocycles. The molecular weight excluding hydrogens is 270 g/mol. The van der Waals surface area contributed by atoms with E-state index in [4.69, 9.17) is 5.73 Å². The molecule has 0 spiro atoms. The number of nitrogen functional groups attached to an aromatic ring is 1. The Balaban J connectivity index is 2.21. The monoisotopic (exact) mass is 281 g/mol. The van der Waals surface area contributed by atoms with Gasteiger partial charge in [-0.15, -0.1) is 0 Å². The maximum Gasteiger partial charge on any atom is 0.0754 e. The minimum absolute atomic E-state index is 0.125. The fraction of sp³-hybridized carbons (Fsp3) is 0.200. The van der Waals surface area contributed by atoms with Crippen molar-refractivity contribution in [3.8, 4) is 0 Å². The lowest BCUT2D eigenvalue weighted by atomic mass is 10.2. The predicted octanol–water partition coefficient (Wildman–Crippen LogP) is 2.32. The largest absolute Gasteiger partial charge is 0.396 e. The Morgan fingerprint density at radius 2 is 2.25 bits per heavy atom. The molecule has 0 bridgehead atoms. The van der Waals surface area contributed by atoms with Crippen molar-refractivity contribution in [1.82, 2.24) is 15.2 Å². The van der Waals surface area contributed by atoms with Crippen LogP contribution in [0.1, 0.15) is 18.5 Å². The number of aromatic amines is 1. The van der Waals surface area contributed by atoms with Gasteiger partial charge in [-0.3, -0.25) is 10.1 Å². The van der Waals surface area contributed by atoms with Gasteiger partial charge in [-0.25, -0.2) is 0 Å². The molecule has 0 radical (unpaired) electrons. The van der Waals surface area contributed by atoms with Gasteiger partial charge in [-0.2, -0.15) is 5.10 Å². The van der Waals surface area contributed by atoms with E-state index in [1.54, 1.807) is 18.6 Å². The molecule has 0 saturated heterocycles. The molecule has 6 heteroatoms. The van der Waals surface area contributed by atoms with Crippen LogP contribution in [-0.4, -0.2) is 15.2 Å². The van der Waals surface area contributed by atoms with E-state index in [9.17, 15) is 0 Å². The molecule has 0 saturated carbocycles. The number of hydrogen-bond donors (Lipinski definition) is 3. The topological polar surface area (TPSA) is 79.6 Å². The molecule has 16 heavy (non-hydrogen) atoms. The summed E-state index contributed by atoms with van der Waals surface area (Å²) in [4.78, 5) is 3.98. The van der Waals surface area contributed by atoms with Crippen LogP contribution in [0.3, 0.4) is 0 Å². The van der Waals surface area contributed by atoms with Gasteiger partial charge in [0.25, 0.3) is 0 Å². The second-order valence-electron chi connectivity index (χ2n) is 3.48. The van der Waals surface area contributed by atoms with Crippen molar-refractivity contribution in [3.05, 3.63) is 34.8 Å². The molecule has 2 rings (SSSR count). The lowest BCUT2D eigenvalue weighted by molar-refractivity contribution is 0.884. The van der Waals surface area contributed by atoms with Crippen molar-refractivity contribution in [2.45, 2.75) is 13.0 Å². The molecule has 0 aromatic carbocycles. The summed E-state index contributed by atoms with van der Waals surface area (Å²) in [5, 5.41) is 10.00. The molecule has 4 N–H and O–H groups in total. The molecule has 0 aliphatic carbocycles. The average Bonchev–Trinajstić information content (AvgIpc) is 2.76. The van der Waals surface area contributed by atoms with Gasteiger partial charge >= 0.3 is 0 Å². The Bertz CT molecular complexity index is 448. The molecule has 0 fully saturated rings. The van der Waals surface area contributed by atoms with E-state index in [0.29, 0.717) is 5.69 Å². The van der Waals surface area contributed by atoms with Crippen LogP contribution < -0.4 is 11.1 Å². The fourth-order valence-electron chi connectivity index (χ4n) is 1.40. The lowest BCUT2D eigenvalue weighted by Gasteiger charge is -2.16. The zero-order valence-electron chi connectivity index (χ0n) is 8.74. The Kier molecular flexibility index (Phi) is 3.09. The van der Waals surface area contributed by atoms with E-state index < -0.39 is 0 Å². The SMILES string of the molecule is CC(Nc1c(N)cncc1Br)c1cn[nH]c1. The first-order valence-electron chi connectivity index (χ1n) is 4.82. The molecule has 0 aliphatic heterocycles. The highest BCUT2D eigenvalue weighted by atomic mass is 79.9. The van der Waals surface area contributed by atoms with Gasteiger partial charge in [-0.1, -0.05) is 0 Å². The summed E-state index contributed by atoms with van der Waals surface area (Å²) >= 11 is 3.41. The molecular formula is C10H12BrN5. The molecule has 0 aliphatic rings. The number of halogens is 1. The third-order valence-corrected chi connectivity index (χ3v) is 2.91. The number of rotatable bonds is 3. The first-order valence-corrected chi connectivity index (χ1v) is 5.62. The van der Waals surface area contributed by atoms with Crippen LogP contribution in [0.2, 0.25) is 0 Å². The highest BCUT2D eigenvalue weighted by Gasteiger charge is 2.10. The van der Waals surface area contributed by atoms with E-state index in [2.05, 4.69) is 36.4 Å². The van der Waals surface area contributed by atoms with Crippen LogP contribution in [0.4, 0.5) is 11.4 Å². The summed E-state index contributed by atoms with van der Waals surface area (Å²) in [6.45, 7) is 2.04. The van der Waals surface area contributed by atoms with Gasteiger partial charge in [0.15, 0.2) is 0 Å². The summed E-state index contributed by atoms with van der Waals surface area (Å²) < 4.78 is 0.850. The predicted molar refractivity (Wildman–Crippen MR) is 67.0 cm³/mol. The molecule has 84 valence electrons. The zero-order chi connectivity index (χ0) is 11.5. The summed E-state index contributed by atoms with van der Waals surface area (Å²) in [6, 6.07) is 0.125. The number of nitrogens with two attached hydrogens (primary N) is 1. The maximum atomic E-state index is 5.84. The van der Waals surface area contributed by atoms with Gasteiger partial charge in [0.2, 0.25) is 0 Å². The number of hydrogen-bond acceptors (Lipinski definition) is 4. The molecule has 2 aromatic heterocycles. The number of pyridine rings is 1. The normalized spacial score (nSPS) is 12.4. The standard InChI is InChI=1S/C10H12BrN5/c1-6(7-2-14-15-3-7)16-10-8(11)4-13-5-9(10)12/h2-6H,12H2,1H3,(H,13,16)(H,14,15). The Hall–Kier alpha value is -1.56. The van der Waals surface area contributed by atoms with Crippen LogP contribution in [0.15, 0.2) is 29.3 Å². The number of H-pyrrole nitrogens is 1. The lowest BCUT2D eigenvalue weighted by Crippen LogP contribution is -2.08. The summed E-state index contributed by atoms with van der Waals surface area (Å²) in [5.41, 5.74) is 8.38. The van der Waals surface area contributed by atoms with Crippen molar-refractivity contribution in [3.63, 3.8) is 0 Å². The summed E-state index contributed by atoms with van der Waals surface area (Å²) in [6.07, 6.45) is 6.96. The van der Waals surface area contributed by atoms with Gasteiger partial charge in [0, 0.05) is 18.0 Å². The first kappa shape index (κ1) is 10.9. The number of nitrogens with one attached hydrogen (secondary N) is 2. The van der Waals surface area contributed by atoms with Crippen LogP contribution in [-0.2, 0) is 0 Å². The highest BCUT2D eigenvalue weighted by Crippen LogP contribution is 2.30. The zero-order valence-corrected chi connectivity index (χ0v) is 10.3. The third kappa shape index (κ3) is 2.16. The summed E-state index contributed by atoms with van der Waals surface area (Å²) in [7, 11) is 0.